The second kappa shape index (κ2) is 5.83. The van der Waals surface area contributed by atoms with Crippen molar-refractivity contribution >= 4 is 16.2 Å². The number of hydrogen-bond acceptors (Lipinski definition) is 7. The molecule has 12 heteroatoms. The molecule has 0 atom stereocenters. The Labute approximate surface area is 129 Å². The molecule has 2 N–H and O–H groups in total. The van der Waals surface area contributed by atoms with Gasteiger partial charge in [-0.3, -0.25) is 0 Å². The monoisotopic (exact) mass is 361 g/mol. The molecule has 0 saturated heterocycles. The fourth-order valence-electron chi connectivity index (χ4n) is 1.30. The first kappa shape index (κ1) is 18.9. The minimum atomic E-state index is -6.03. The van der Waals surface area contributed by atoms with Crippen LogP contribution in [-0.2, 0) is 19.0 Å². The highest BCUT2D eigenvalue weighted by Gasteiger charge is 2.49. The van der Waals surface area contributed by atoms with Crippen molar-refractivity contribution in [2.75, 3.05) is 6.54 Å². The number of ether oxygens (including phenoxy) is 1. The molecular weight excluding hydrogens is 347 g/mol. The number of hydrogen-bond donors (Lipinski definition) is 2. The molecule has 1 heterocycles. The van der Waals surface area contributed by atoms with E-state index in [4.69, 9.17) is 4.74 Å². The van der Waals surface area contributed by atoms with Crippen LogP contribution in [-0.4, -0.2) is 47.3 Å². The number of allylic oxidation sites excluding steroid dienone is 1. The van der Waals surface area contributed by atoms with Crippen LogP contribution < -0.4 is 0 Å². The van der Waals surface area contributed by atoms with E-state index >= 15 is 0 Å². The van der Waals surface area contributed by atoms with Gasteiger partial charge in [-0.25, -0.2) is 9.69 Å². The van der Waals surface area contributed by atoms with Crippen LogP contribution in [0.15, 0.2) is 23.5 Å². The Morgan fingerprint density at radius 1 is 1.26 bits per heavy atom. The summed E-state index contributed by atoms with van der Waals surface area (Å²) in [5.74, 6) is -3.12. The number of carbonyl (C=O) groups is 1. The molecule has 0 unspecified atom stereocenters. The molecule has 0 aromatic rings. The third kappa shape index (κ3) is 4.68. The normalized spacial score (nSPS) is 17.0. The van der Waals surface area contributed by atoms with Crippen molar-refractivity contribution < 1.29 is 45.5 Å². The first-order chi connectivity index (χ1) is 10.1. The van der Waals surface area contributed by atoms with Gasteiger partial charge in [-0.1, -0.05) is 0 Å². The van der Waals surface area contributed by atoms with Crippen molar-refractivity contribution in [1.82, 2.24) is 4.90 Å². The Hall–Kier alpha value is -2.11. The van der Waals surface area contributed by atoms with Gasteiger partial charge in [0.05, 0.1) is 6.54 Å². The smallest absolute Gasteiger partial charge is 0.507 e. The number of amides is 1. The molecule has 1 aliphatic heterocycles. The lowest BCUT2D eigenvalue weighted by molar-refractivity contribution is -0.0523. The number of halogens is 3. The molecule has 0 radical (unpaired) electrons. The van der Waals surface area contributed by atoms with Gasteiger partial charge < -0.3 is 19.1 Å². The van der Waals surface area contributed by atoms with Gasteiger partial charge in [-0.15, -0.1) is 0 Å². The van der Waals surface area contributed by atoms with Gasteiger partial charge in [0.15, 0.2) is 11.5 Å². The van der Waals surface area contributed by atoms with Crippen LogP contribution in [0.5, 0.6) is 0 Å². The quantitative estimate of drug-likeness (QED) is 0.573. The molecule has 0 aromatic heterocycles. The number of nitrogens with zero attached hydrogens (tertiary/aromatic N) is 1. The predicted octanol–water partition coefficient (Wildman–Crippen LogP) is 2.27. The summed E-state index contributed by atoms with van der Waals surface area (Å²) in [5, 5.41) is 19.2. The average Bonchev–Trinajstić information content (AvgIpc) is 2.29. The molecule has 1 rings (SSSR count). The summed E-state index contributed by atoms with van der Waals surface area (Å²) >= 11 is 0. The fraction of sp³-hybridized carbons (Fsp3) is 0.545. The van der Waals surface area contributed by atoms with E-state index < -0.39 is 51.3 Å². The second-order valence-electron chi connectivity index (χ2n) is 5.36. The largest absolute Gasteiger partial charge is 0.534 e. The summed E-state index contributed by atoms with van der Waals surface area (Å²) in [6, 6.07) is 0. The maximum Gasteiger partial charge on any atom is 0.534 e. The van der Waals surface area contributed by atoms with Crippen molar-refractivity contribution in [2.45, 2.75) is 31.9 Å². The Morgan fingerprint density at radius 3 is 2.22 bits per heavy atom. The molecule has 0 spiro atoms. The lowest BCUT2D eigenvalue weighted by Crippen LogP contribution is -2.39. The highest BCUT2D eigenvalue weighted by molar-refractivity contribution is 7.87. The van der Waals surface area contributed by atoms with Crippen LogP contribution in [0.3, 0.4) is 0 Å². The zero-order chi connectivity index (χ0) is 18.2. The maximum atomic E-state index is 12.2. The van der Waals surface area contributed by atoms with Crippen molar-refractivity contribution in [2.24, 2.45) is 0 Å². The van der Waals surface area contributed by atoms with Gasteiger partial charge in [0.1, 0.15) is 5.60 Å². The SMILES string of the molecule is CC(C)(C)OC(=O)N1CC(O)=C(OS(=O)(=O)C(F)(F)F)C=C1O. The third-order valence-corrected chi connectivity index (χ3v) is 3.19. The lowest BCUT2D eigenvalue weighted by atomic mass is 10.2. The van der Waals surface area contributed by atoms with E-state index in [0.717, 1.165) is 0 Å². The molecule has 0 bridgehead atoms. The van der Waals surface area contributed by atoms with Gasteiger partial charge in [0.2, 0.25) is 5.88 Å². The van der Waals surface area contributed by atoms with Crippen molar-refractivity contribution in [3.05, 3.63) is 23.5 Å². The van der Waals surface area contributed by atoms with Crippen LogP contribution in [0.25, 0.3) is 0 Å². The van der Waals surface area contributed by atoms with Gasteiger partial charge in [-0.05, 0) is 20.8 Å². The minimum Gasteiger partial charge on any atom is -0.507 e. The van der Waals surface area contributed by atoms with Gasteiger partial charge in [0.25, 0.3) is 0 Å². The second-order valence-corrected chi connectivity index (χ2v) is 6.90. The van der Waals surface area contributed by atoms with Crippen molar-refractivity contribution in [1.29, 1.82) is 0 Å². The lowest BCUT2D eigenvalue weighted by Gasteiger charge is -2.28. The van der Waals surface area contributed by atoms with Crippen LogP contribution in [0.4, 0.5) is 18.0 Å². The van der Waals surface area contributed by atoms with Crippen LogP contribution in [0, 0.1) is 0 Å². The van der Waals surface area contributed by atoms with E-state index in [-0.39, 0.29) is 0 Å². The molecule has 8 nitrogen and oxygen atoms in total. The average molecular weight is 361 g/mol. The zero-order valence-corrected chi connectivity index (χ0v) is 13.0. The maximum absolute atomic E-state index is 12.2. The molecule has 1 aliphatic rings. The molecule has 0 aromatic carbocycles. The predicted molar refractivity (Wildman–Crippen MR) is 69.4 cm³/mol. The highest BCUT2D eigenvalue weighted by atomic mass is 32.2. The topological polar surface area (TPSA) is 113 Å². The Morgan fingerprint density at radius 2 is 1.78 bits per heavy atom. The number of carbonyl (C=O) groups excluding carboxylic acids is 1. The van der Waals surface area contributed by atoms with Crippen molar-refractivity contribution in [3.8, 4) is 0 Å². The standard InChI is InChI=1S/C11H14F3NO7S/c1-10(2,3)21-9(18)15-5-6(16)7(4-8(15)17)22-23(19,20)11(12,13)14/h4,16-17H,5H2,1-3H3. The van der Waals surface area contributed by atoms with E-state index in [1.807, 2.05) is 0 Å². The molecular formula is C11H14F3NO7S. The summed E-state index contributed by atoms with van der Waals surface area (Å²) in [4.78, 5) is 12.2. The fourth-order valence-corrected chi connectivity index (χ4v) is 1.78. The van der Waals surface area contributed by atoms with Gasteiger partial charge in [-0.2, -0.15) is 21.6 Å². The van der Waals surface area contributed by atoms with E-state index in [1.54, 1.807) is 0 Å². The Kier molecular flexibility index (Phi) is 4.80. The van der Waals surface area contributed by atoms with Gasteiger partial charge >= 0.3 is 21.7 Å². The number of aliphatic hydroxyl groups is 2. The van der Waals surface area contributed by atoms with E-state index in [2.05, 4.69) is 4.18 Å². The molecule has 0 fully saturated rings. The molecule has 23 heavy (non-hydrogen) atoms. The highest BCUT2D eigenvalue weighted by Crippen LogP contribution is 2.29. The third-order valence-electron chi connectivity index (χ3n) is 2.23. The summed E-state index contributed by atoms with van der Waals surface area (Å²) in [7, 11) is -6.03. The summed E-state index contributed by atoms with van der Waals surface area (Å²) in [6.07, 6.45) is -0.748. The number of rotatable bonds is 2. The first-order valence-electron chi connectivity index (χ1n) is 5.98. The first-order valence-corrected chi connectivity index (χ1v) is 7.39. The summed E-state index contributed by atoms with van der Waals surface area (Å²) < 4.78 is 67.0. The molecule has 0 saturated carbocycles. The van der Waals surface area contributed by atoms with E-state index in [0.29, 0.717) is 11.0 Å². The number of alkyl halides is 3. The molecule has 0 aliphatic carbocycles. The van der Waals surface area contributed by atoms with E-state index in [1.165, 1.54) is 20.8 Å². The minimum absolute atomic E-state index is 0.353. The zero-order valence-electron chi connectivity index (χ0n) is 12.2. The molecule has 1 amide bonds. The van der Waals surface area contributed by atoms with E-state index in [9.17, 15) is 36.6 Å². The Bertz CT molecular complexity index is 658. The van der Waals surface area contributed by atoms with Gasteiger partial charge in [0, 0.05) is 6.08 Å². The number of aliphatic hydroxyl groups excluding tert-OH is 2. The summed E-state index contributed by atoms with van der Waals surface area (Å²) in [6.45, 7) is 3.74. The summed E-state index contributed by atoms with van der Waals surface area (Å²) in [5.41, 5.74) is -6.65. The van der Waals surface area contributed by atoms with Crippen LogP contribution in [0.2, 0.25) is 0 Å². The van der Waals surface area contributed by atoms with Crippen LogP contribution in [0.1, 0.15) is 20.8 Å². The van der Waals surface area contributed by atoms with Crippen LogP contribution >= 0.6 is 0 Å². The Balaban J connectivity index is 2.99. The molecule has 132 valence electrons. The van der Waals surface area contributed by atoms with Crippen molar-refractivity contribution in [3.63, 3.8) is 0 Å².